The van der Waals surface area contributed by atoms with Crippen LogP contribution in [0.3, 0.4) is 0 Å². The van der Waals surface area contributed by atoms with Gasteiger partial charge in [0.1, 0.15) is 17.5 Å². The van der Waals surface area contributed by atoms with Gasteiger partial charge in [-0.1, -0.05) is 0 Å². The fraction of sp³-hybridized carbons (Fsp3) is 0.438. The molecule has 8 nitrogen and oxygen atoms in total. The Labute approximate surface area is 149 Å². The largest absolute Gasteiger partial charge is 0.378 e. The van der Waals surface area contributed by atoms with Crippen LogP contribution in [0.5, 0.6) is 0 Å². The Hall–Kier alpha value is -2.32. The van der Waals surface area contributed by atoms with Gasteiger partial charge in [0, 0.05) is 19.1 Å². The van der Waals surface area contributed by atoms with Gasteiger partial charge in [-0.25, -0.2) is 19.6 Å². The molecule has 0 aromatic carbocycles. The molecule has 1 aliphatic rings. The Morgan fingerprint density at radius 1 is 1.12 bits per heavy atom. The summed E-state index contributed by atoms with van der Waals surface area (Å²) in [6.45, 7) is 6.92. The van der Waals surface area contributed by atoms with Crippen molar-refractivity contribution in [3.63, 3.8) is 0 Å². The molecule has 0 unspecified atom stereocenters. The lowest BCUT2D eigenvalue weighted by Gasteiger charge is -2.28. The SMILES string of the molecule is CC(C)n1ncnc1-c1ccc2nc(Cl)nc(N3CCOCC3)c2n1. The van der Waals surface area contributed by atoms with E-state index in [1.807, 2.05) is 16.8 Å². The van der Waals surface area contributed by atoms with E-state index in [0.29, 0.717) is 24.2 Å². The fourth-order valence-corrected chi connectivity index (χ4v) is 3.07. The predicted octanol–water partition coefficient (Wildman–Crippen LogP) is 2.35. The van der Waals surface area contributed by atoms with Crippen LogP contribution in [0.4, 0.5) is 5.82 Å². The third-order valence-corrected chi connectivity index (χ3v) is 4.27. The van der Waals surface area contributed by atoms with E-state index < -0.39 is 0 Å². The number of rotatable bonds is 3. The van der Waals surface area contributed by atoms with Crippen LogP contribution in [-0.2, 0) is 4.74 Å². The lowest BCUT2D eigenvalue weighted by Crippen LogP contribution is -2.37. The topological polar surface area (TPSA) is 81.9 Å². The van der Waals surface area contributed by atoms with E-state index in [1.54, 1.807) is 6.33 Å². The number of morpholine rings is 1. The number of pyridine rings is 1. The molecule has 0 radical (unpaired) electrons. The zero-order valence-electron chi connectivity index (χ0n) is 14.1. The molecule has 0 aliphatic carbocycles. The van der Waals surface area contributed by atoms with Crippen LogP contribution < -0.4 is 4.90 Å². The third kappa shape index (κ3) is 3.03. The Morgan fingerprint density at radius 2 is 1.92 bits per heavy atom. The van der Waals surface area contributed by atoms with Gasteiger partial charge in [-0.2, -0.15) is 10.1 Å². The number of ether oxygens (including phenoxy) is 1. The Kier molecular flexibility index (Phi) is 4.22. The highest BCUT2D eigenvalue weighted by Crippen LogP contribution is 2.27. The van der Waals surface area contributed by atoms with Crippen molar-refractivity contribution < 1.29 is 4.74 Å². The van der Waals surface area contributed by atoms with Crippen LogP contribution in [0.15, 0.2) is 18.5 Å². The maximum absolute atomic E-state index is 6.11. The zero-order valence-corrected chi connectivity index (χ0v) is 14.8. The normalized spacial score (nSPS) is 15.3. The fourth-order valence-electron chi connectivity index (χ4n) is 2.90. The quantitative estimate of drug-likeness (QED) is 0.664. The van der Waals surface area contributed by atoms with Crippen molar-refractivity contribution >= 4 is 28.5 Å². The second-order valence-corrected chi connectivity index (χ2v) is 6.44. The number of aromatic nitrogens is 6. The second-order valence-electron chi connectivity index (χ2n) is 6.10. The van der Waals surface area contributed by atoms with Crippen molar-refractivity contribution in [1.82, 2.24) is 29.7 Å². The Morgan fingerprint density at radius 3 is 2.68 bits per heavy atom. The number of hydrogen-bond donors (Lipinski definition) is 0. The maximum atomic E-state index is 6.11. The first-order chi connectivity index (χ1) is 12.1. The van der Waals surface area contributed by atoms with Gasteiger partial charge in [0.2, 0.25) is 5.28 Å². The number of hydrogen-bond acceptors (Lipinski definition) is 7. The van der Waals surface area contributed by atoms with Gasteiger partial charge in [0.25, 0.3) is 0 Å². The molecule has 3 aromatic heterocycles. The highest BCUT2D eigenvalue weighted by Gasteiger charge is 2.20. The molecule has 4 rings (SSSR count). The van der Waals surface area contributed by atoms with Gasteiger partial charge in [-0.05, 0) is 37.6 Å². The Bertz CT molecular complexity index is 905. The lowest BCUT2D eigenvalue weighted by atomic mass is 10.2. The average Bonchev–Trinajstić information content (AvgIpc) is 3.11. The van der Waals surface area contributed by atoms with Gasteiger partial charge in [0.05, 0.1) is 18.7 Å². The second kappa shape index (κ2) is 6.53. The van der Waals surface area contributed by atoms with Crippen LogP contribution in [0.1, 0.15) is 19.9 Å². The highest BCUT2D eigenvalue weighted by molar-refractivity contribution is 6.28. The molecule has 4 heterocycles. The molecule has 9 heteroatoms. The maximum Gasteiger partial charge on any atom is 0.225 e. The third-order valence-electron chi connectivity index (χ3n) is 4.10. The summed E-state index contributed by atoms with van der Waals surface area (Å²) in [6, 6.07) is 3.97. The van der Waals surface area contributed by atoms with E-state index in [-0.39, 0.29) is 11.3 Å². The van der Waals surface area contributed by atoms with Crippen molar-refractivity contribution in [2.24, 2.45) is 0 Å². The summed E-state index contributed by atoms with van der Waals surface area (Å²) < 4.78 is 7.27. The smallest absolute Gasteiger partial charge is 0.225 e. The molecule has 130 valence electrons. The standard InChI is InChI=1S/C16H18ClN7O/c1-10(2)24-14(18-9-19-24)12-4-3-11-13(20-12)15(22-16(17)21-11)23-5-7-25-8-6-23/h3-4,9-10H,5-8H2,1-2H3. The summed E-state index contributed by atoms with van der Waals surface area (Å²) >= 11 is 6.11. The number of fused-ring (bicyclic) bond motifs is 1. The van der Waals surface area contributed by atoms with Crippen molar-refractivity contribution in [3.05, 3.63) is 23.7 Å². The first-order valence-electron chi connectivity index (χ1n) is 8.20. The monoisotopic (exact) mass is 359 g/mol. The minimum Gasteiger partial charge on any atom is -0.378 e. The van der Waals surface area contributed by atoms with E-state index in [2.05, 4.69) is 38.8 Å². The molecule has 1 aliphatic heterocycles. The number of anilines is 1. The Balaban J connectivity index is 1.86. The highest BCUT2D eigenvalue weighted by atomic mass is 35.5. The summed E-state index contributed by atoms with van der Waals surface area (Å²) in [6.07, 6.45) is 1.54. The van der Waals surface area contributed by atoms with Gasteiger partial charge >= 0.3 is 0 Å². The molecule has 3 aromatic rings. The minimum absolute atomic E-state index is 0.190. The van der Waals surface area contributed by atoms with E-state index in [4.69, 9.17) is 21.3 Å². The van der Waals surface area contributed by atoms with Gasteiger partial charge < -0.3 is 9.64 Å². The first-order valence-corrected chi connectivity index (χ1v) is 8.58. The predicted molar refractivity (Wildman–Crippen MR) is 94.8 cm³/mol. The van der Waals surface area contributed by atoms with Gasteiger partial charge in [-0.3, -0.25) is 0 Å². The summed E-state index contributed by atoms with van der Waals surface area (Å²) in [4.78, 5) is 20.0. The molecule has 0 bridgehead atoms. The molecule has 0 amide bonds. The summed E-state index contributed by atoms with van der Waals surface area (Å²) in [5.41, 5.74) is 2.15. The minimum atomic E-state index is 0.190. The van der Waals surface area contributed by atoms with Crippen molar-refractivity contribution in [2.75, 3.05) is 31.2 Å². The zero-order chi connectivity index (χ0) is 17.4. The molecular weight excluding hydrogens is 342 g/mol. The van der Waals surface area contributed by atoms with E-state index >= 15 is 0 Å². The van der Waals surface area contributed by atoms with Crippen LogP contribution in [0.25, 0.3) is 22.6 Å². The molecular formula is C16H18ClN7O. The summed E-state index contributed by atoms with van der Waals surface area (Å²) in [5, 5.41) is 4.50. The number of halogens is 1. The molecule has 0 atom stereocenters. The molecule has 0 spiro atoms. The van der Waals surface area contributed by atoms with E-state index in [1.165, 1.54) is 0 Å². The van der Waals surface area contributed by atoms with Crippen molar-refractivity contribution in [2.45, 2.75) is 19.9 Å². The molecule has 0 N–H and O–H groups in total. The van der Waals surface area contributed by atoms with Crippen LogP contribution in [-0.4, -0.2) is 56.0 Å². The van der Waals surface area contributed by atoms with Crippen LogP contribution in [0, 0.1) is 0 Å². The molecule has 1 saturated heterocycles. The van der Waals surface area contributed by atoms with Gasteiger partial charge in [0.15, 0.2) is 11.6 Å². The molecule has 1 fully saturated rings. The van der Waals surface area contributed by atoms with Crippen molar-refractivity contribution in [3.8, 4) is 11.5 Å². The summed E-state index contributed by atoms with van der Waals surface area (Å²) in [7, 11) is 0. The molecule has 0 saturated carbocycles. The van der Waals surface area contributed by atoms with Crippen LogP contribution >= 0.6 is 11.6 Å². The summed E-state index contributed by atoms with van der Waals surface area (Å²) in [5.74, 6) is 1.45. The van der Waals surface area contributed by atoms with E-state index in [0.717, 1.165) is 30.4 Å². The average molecular weight is 360 g/mol. The lowest BCUT2D eigenvalue weighted by molar-refractivity contribution is 0.122. The first kappa shape index (κ1) is 16.2. The molecule has 25 heavy (non-hydrogen) atoms. The van der Waals surface area contributed by atoms with Gasteiger partial charge in [-0.15, -0.1) is 0 Å². The van der Waals surface area contributed by atoms with Crippen LogP contribution in [0.2, 0.25) is 5.28 Å². The number of nitrogens with zero attached hydrogens (tertiary/aromatic N) is 7. The van der Waals surface area contributed by atoms with Crippen molar-refractivity contribution in [1.29, 1.82) is 0 Å². The van der Waals surface area contributed by atoms with E-state index in [9.17, 15) is 0 Å².